The summed E-state index contributed by atoms with van der Waals surface area (Å²) in [6, 6.07) is 5.84. The topological polar surface area (TPSA) is 41.3 Å². The second kappa shape index (κ2) is 5.56. The van der Waals surface area contributed by atoms with Crippen LogP contribution in [0.3, 0.4) is 0 Å². The molecule has 1 aliphatic rings. The van der Waals surface area contributed by atoms with E-state index < -0.39 is 0 Å². The maximum absolute atomic E-state index is 6.28. The summed E-state index contributed by atoms with van der Waals surface area (Å²) in [5.74, 6) is 0. The van der Waals surface area contributed by atoms with Gasteiger partial charge in [-0.05, 0) is 49.7 Å². The van der Waals surface area contributed by atoms with Gasteiger partial charge in [0.1, 0.15) is 0 Å². The van der Waals surface area contributed by atoms with Crippen LogP contribution in [0.1, 0.15) is 19.3 Å². The Balaban J connectivity index is 2.15. The first-order valence-corrected chi connectivity index (χ1v) is 6.56. The number of thiocarbonyl (C=S) groups is 1. The highest BCUT2D eigenvalue weighted by Crippen LogP contribution is 2.30. The van der Waals surface area contributed by atoms with Gasteiger partial charge in [-0.15, -0.1) is 0 Å². The van der Waals surface area contributed by atoms with Crippen molar-refractivity contribution in [2.45, 2.75) is 19.3 Å². The Hall–Kier alpha value is -1.00. The average Bonchev–Trinajstić information content (AvgIpc) is 2.29. The number of hydrogen-bond acceptors (Lipinski definition) is 2. The van der Waals surface area contributed by atoms with Crippen LogP contribution in [0.5, 0.6) is 0 Å². The number of benzene rings is 1. The number of nitrogens with one attached hydrogen (secondary N) is 1. The van der Waals surface area contributed by atoms with E-state index in [0.717, 1.165) is 29.5 Å². The van der Waals surface area contributed by atoms with E-state index >= 15 is 0 Å². The van der Waals surface area contributed by atoms with E-state index in [-0.39, 0.29) is 5.11 Å². The highest BCUT2D eigenvalue weighted by atomic mass is 35.5. The minimum atomic E-state index is 0.256. The molecule has 0 spiro atoms. The SMILES string of the molecule is NC(=S)Nc1ccc(N2CCCCC2)c(Cl)c1. The molecule has 3 N–H and O–H groups in total. The standard InChI is InChI=1S/C12H16ClN3S/c13-10-8-9(15-12(14)17)4-5-11(10)16-6-2-1-3-7-16/h4-5,8H,1-3,6-7H2,(H3,14,15,17). The van der Waals surface area contributed by atoms with Crippen molar-refractivity contribution in [3.05, 3.63) is 23.2 Å². The maximum Gasteiger partial charge on any atom is 0.168 e. The molecule has 0 aromatic heterocycles. The number of halogens is 1. The van der Waals surface area contributed by atoms with Crippen LogP contribution >= 0.6 is 23.8 Å². The Morgan fingerprint density at radius 2 is 2.00 bits per heavy atom. The lowest BCUT2D eigenvalue weighted by atomic mass is 10.1. The van der Waals surface area contributed by atoms with Crippen molar-refractivity contribution in [3.63, 3.8) is 0 Å². The third-order valence-electron chi connectivity index (χ3n) is 2.91. The van der Waals surface area contributed by atoms with Crippen molar-refractivity contribution in [1.82, 2.24) is 0 Å². The van der Waals surface area contributed by atoms with Crippen molar-refractivity contribution in [1.29, 1.82) is 0 Å². The Morgan fingerprint density at radius 1 is 1.29 bits per heavy atom. The zero-order chi connectivity index (χ0) is 12.3. The number of rotatable bonds is 2. The summed E-state index contributed by atoms with van der Waals surface area (Å²) in [7, 11) is 0. The largest absolute Gasteiger partial charge is 0.376 e. The first-order valence-electron chi connectivity index (χ1n) is 5.78. The molecule has 17 heavy (non-hydrogen) atoms. The van der Waals surface area contributed by atoms with Gasteiger partial charge in [-0.1, -0.05) is 11.6 Å². The minimum Gasteiger partial charge on any atom is -0.376 e. The fourth-order valence-corrected chi connectivity index (χ4v) is 2.54. The van der Waals surface area contributed by atoms with Crippen molar-refractivity contribution >= 4 is 40.3 Å². The fraction of sp³-hybridized carbons (Fsp3) is 0.417. The summed E-state index contributed by atoms with van der Waals surface area (Å²) in [6.45, 7) is 2.17. The summed E-state index contributed by atoms with van der Waals surface area (Å²) in [4.78, 5) is 2.33. The number of nitrogens with zero attached hydrogens (tertiary/aromatic N) is 1. The highest BCUT2D eigenvalue weighted by Gasteiger charge is 2.13. The summed E-state index contributed by atoms with van der Waals surface area (Å²) < 4.78 is 0. The molecule has 1 aromatic carbocycles. The van der Waals surface area contributed by atoms with Gasteiger partial charge in [-0.2, -0.15) is 0 Å². The molecular formula is C12H16ClN3S. The molecule has 1 saturated heterocycles. The number of hydrogen-bond donors (Lipinski definition) is 2. The molecule has 1 heterocycles. The number of anilines is 2. The van der Waals surface area contributed by atoms with Crippen LogP contribution in [0.2, 0.25) is 5.02 Å². The lowest BCUT2D eigenvalue weighted by molar-refractivity contribution is 0.578. The third kappa shape index (κ3) is 3.23. The van der Waals surface area contributed by atoms with Crippen molar-refractivity contribution in [2.75, 3.05) is 23.3 Å². The van der Waals surface area contributed by atoms with Crippen LogP contribution in [0.4, 0.5) is 11.4 Å². The Bertz CT molecular complexity index is 416. The summed E-state index contributed by atoms with van der Waals surface area (Å²) >= 11 is 11.1. The molecule has 0 atom stereocenters. The molecule has 1 aromatic rings. The zero-order valence-electron chi connectivity index (χ0n) is 9.58. The van der Waals surface area contributed by atoms with Crippen LogP contribution in [0.15, 0.2) is 18.2 Å². The van der Waals surface area contributed by atoms with Crippen LogP contribution in [-0.4, -0.2) is 18.2 Å². The van der Waals surface area contributed by atoms with Gasteiger partial charge >= 0.3 is 0 Å². The second-order valence-corrected chi connectivity index (χ2v) is 5.05. The lowest BCUT2D eigenvalue weighted by Gasteiger charge is -2.29. The monoisotopic (exact) mass is 269 g/mol. The molecule has 0 aliphatic carbocycles. The average molecular weight is 270 g/mol. The summed E-state index contributed by atoms with van der Waals surface area (Å²) in [5, 5.41) is 3.88. The number of nitrogens with two attached hydrogens (primary N) is 1. The van der Waals surface area contributed by atoms with Crippen molar-refractivity contribution < 1.29 is 0 Å². The Morgan fingerprint density at radius 3 is 2.59 bits per heavy atom. The van der Waals surface area contributed by atoms with Crippen LogP contribution in [0, 0.1) is 0 Å². The van der Waals surface area contributed by atoms with Gasteiger partial charge < -0.3 is 16.0 Å². The van der Waals surface area contributed by atoms with E-state index in [9.17, 15) is 0 Å². The first-order chi connectivity index (χ1) is 8.16. The molecule has 0 amide bonds. The molecule has 1 aliphatic heterocycles. The molecule has 0 bridgehead atoms. The molecule has 0 radical (unpaired) electrons. The van der Waals surface area contributed by atoms with Crippen LogP contribution in [0.25, 0.3) is 0 Å². The predicted molar refractivity (Wildman–Crippen MR) is 77.9 cm³/mol. The molecule has 3 nitrogen and oxygen atoms in total. The molecular weight excluding hydrogens is 254 g/mol. The van der Waals surface area contributed by atoms with Gasteiger partial charge in [0.25, 0.3) is 0 Å². The maximum atomic E-state index is 6.28. The van der Waals surface area contributed by atoms with Gasteiger partial charge in [-0.3, -0.25) is 0 Å². The highest BCUT2D eigenvalue weighted by molar-refractivity contribution is 7.80. The first kappa shape index (κ1) is 12.5. The third-order valence-corrected chi connectivity index (χ3v) is 3.32. The second-order valence-electron chi connectivity index (χ2n) is 4.20. The normalized spacial score (nSPS) is 15.7. The molecule has 0 unspecified atom stereocenters. The van der Waals surface area contributed by atoms with Crippen LogP contribution in [-0.2, 0) is 0 Å². The summed E-state index contributed by atoms with van der Waals surface area (Å²) in [5.41, 5.74) is 7.36. The van der Waals surface area contributed by atoms with Gasteiger partial charge in [0, 0.05) is 18.8 Å². The van der Waals surface area contributed by atoms with Gasteiger partial charge in [0.2, 0.25) is 0 Å². The Kier molecular flexibility index (Phi) is 4.07. The van der Waals surface area contributed by atoms with Gasteiger partial charge in [0.15, 0.2) is 5.11 Å². The molecule has 1 fully saturated rings. The number of piperidine rings is 1. The molecule has 0 saturated carbocycles. The van der Waals surface area contributed by atoms with Crippen LogP contribution < -0.4 is 16.0 Å². The van der Waals surface area contributed by atoms with Gasteiger partial charge in [0.05, 0.1) is 10.7 Å². The zero-order valence-corrected chi connectivity index (χ0v) is 11.2. The van der Waals surface area contributed by atoms with Crippen molar-refractivity contribution in [2.24, 2.45) is 5.73 Å². The predicted octanol–water partition coefficient (Wildman–Crippen LogP) is 2.99. The van der Waals surface area contributed by atoms with Crippen molar-refractivity contribution in [3.8, 4) is 0 Å². The lowest BCUT2D eigenvalue weighted by Crippen LogP contribution is -2.29. The molecule has 2 rings (SSSR count). The smallest absolute Gasteiger partial charge is 0.168 e. The van der Waals surface area contributed by atoms with E-state index in [1.165, 1.54) is 19.3 Å². The van der Waals surface area contributed by atoms with E-state index in [0.29, 0.717) is 0 Å². The molecule has 5 heteroatoms. The van der Waals surface area contributed by atoms with E-state index in [1.54, 1.807) is 0 Å². The fourth-order valence-electron chi connectivity index (χ4n) is 2.12. The van der Waals surface area contributed by atoms with E-state index in [1.807, 2.05) is 18.2 Å². The quantitative estimate of drug-likeness (QED) is 0.810. The van der Waals surface area contributed by atoms with E-state index in [2.05, 4.69) is 10.2 Å². The van der Waals surface area contributed by atoms with E-state index in [4.69, 9.17) is 29.6 Å². The minimum absolute atomic E-state index is 0.256. The molecule has 92 valence electrons. The Labute approximate surface area is 112 Å². The summed E-state index contributed by atoms with van der Waals surface area (Å²) in [6.07, 6.45) is 3.79. The van der Waals surface area contributed by atoms with Gasteiger partial charge in [-0.25, -0.2) is 0 Å².